The molecule has 0 radical (unpaired) electrons. The van der Waals surface area contributed by atoms with Gasteiger partial charge in [-0.1, -0.05) is 0 Å². The van der Waals surface area contributed by atoms with Gasteiger partial charge in [-0.3, -0.25) is 0 Å². The van der Waals surface area contributed by atoms with Gasteiger partial charge >= 0.3 is 0 Å². The summed E-state index contributed by atoms with van der Waals surface area (Å²) in [5, 5.41) is 0. The summed E-state index contributed by atoms with van der Waals surface area (Å²) in [6.45, 7) is 7.79. The summed E-state index contributed by atoms with van der Waals surface area (Å²) in [5.74, 6) is 1.45. The van der Waals surface area contributed by atoms with E-state index >= 15 is 0 Å². The normalized spacial score (nSPS) is 28.3. The molecule has 2 atom stereocenters. The third-order valence-electron chi connectivity index (χ3n) is 6.26. The largest absolute Gasteiger partial charge is 0.381 e. The van der Waals surface area contributed by atoms with Crippen molar-refractivity contribution in [3.05, 3.63) is 18.5 Å². The summed E-state index contributed by atoms with van der Waals surface area (Å²) >= 11 is 0. The number of nitrogens with zero attached hydrogens (tertiary/aromatic N) is 5. The Morgan fingerprint density at radius 1 is 1.26 bits per heavy atom. The van der Waals surface area contributed by atoms with Gasteiger partial charge in [0.2, 0.25) is 5.95 Å². The number of piperazine rings is 1. The minimum absolute atomic E-state index is 0.110. The molecule has 3 fully saturated rings. The molecule has 1 aromatic heterocycles. The summed E-state index contributed by atoms with van der Waals surface area (Å²) in [6.07, 6.45) is 6.84. The number of aliphatic imine (C=N–C) groups is 1. The zero-order valence-electron chi connectivity index (χ0n) is 16.1. The smallest absolute Gasteiger partial charge is 0.225 e. The maximum Gasteiger partial charge on any atom is 0.225 e. The van der Waals surface area contributed by atoms with Gasteiger partial charge in [-0.05, 0) is 32.3 Å². The molecule has 3 heterocycles. The first-order valence-corrected chi connectivity index (χ1v) is 10.0. The molecule has 2 unspecified atom stereocenters. The third-order valence-corrected chi connectivity index (χ3v) is 6.26. The van der Waals surface area contributed by atoms with Crippen LogP contribution in [0.25, 0.3) is 0 Å². The van der Waals surface area contributed by atoms with Crippen LogP contribution in [0.15, 0.2) is 23.5 Å². The molecule has 1 saturated carbocycles. The van der Waals surface area contributed by atoms with Crippen LogP contribution < -0.4 is 10.6 Å². The van der Waals surface area contributed by atoms with E-state index in [1.165, 1.54) is 0 Å². The summed E-state index contributed by atoms with van der Waals surface area (Å²) in [6, 6.07) is 2.08. The Morgan fingerprint density at radius 3 is 2.63 bits per heavy atom. The topological polar surface area (TPSA) is 89.1 Å². The quantitative estimate of drug-likeness (QED) is 0.618. The highest BCUT2D eigenvalue weighted by Gasteiger charge is 2.56. The van der Waals surface area contributed by atoms with Gasteiger partial charge < -0.3 is 25.0 Å². The lowest BCUT2D eigenvalue weighted by Crippen LogP contribution is -2.61. The SMILES string of the molecule is CCOC1CC(N=C(N)N2CCN(c3ncccn3)CC2)C12CCOCC2. The second-order valence-corrected chi connectivity index (χ2v) is 7.55. The average Bonchev–Trinajstić information content (AvgIpc) is 2.74. The van der Waals surface area contributed by atoms with Crippen molar-refractivity contribution in [2.24, 2.45) is 16.1 Å². The Bertz CT molecular complexity index is 641. The van der Waals surface area contributed by atoms with Crippen LogP contribution in [0, 0.1) is 5.41 Å². The fourth-order valence-corrected chi connectivity index (χ4v) is 4.58. The molecule has 0 amide bonds. The molecule has 0 bridgehead atoms. The van der Waals surface area contributed by atoms with Crippen LogP contribution in [0.4, 0.5) is 5.95 Å². The zero-order chi connectivity index (χ0) is 18.7. The zero-order valence-corrected chi connectivity index (χ0v) is 16.1. The number of aromatic nitrogens is 2. The van der Waals surface area contributed by atoms with Crippen molar-refractivity contribution in [3.8, 4) is 0 Å². The molecule has 1 aliphatic carbocycles. The van der Waals surface area contributed by atoms with Crippen LogP contribution in [-0.2, 0) is 9.47 Å². The van der Waals surface area contributed by atoms with E-state index < -0.39 is 0 Å². The third kappa shape index (κ3) is 3.60. The molecule has 3 aliphatic rings. The van der Waals surface area contributed by atoms with E-state index in [0.29, 0.717) is 12.1 Å². The van der Waals surface area contributed by atoms with Crippen molar-refractivity contribution in [3.63, 3.8) is 0 Å². The Hall–Kier alpha value is -1.93. The molecule has 27 heavy (non-hydrogen) atoms. The monoisotopic (exact) mass is 374 g/mol. The van der Waals surface area contributed by atoms with E-state index in [-0.39, 0.29) is 11.5 Å². The first kappa shape index (κ1) is 18.4. The standard InChI is InChI=1S/C19H30N6O2/c1-2-27-16-14-15(19(16)4-12-26-13-5-19)23-17(20)24-8-10-25(11-9-24)18-21-6-3-7-22-18/h3,6-7,15-16H,2,4-5,8-14H2,1H3,(H2,20,23). The molecule has 2 saturated heterocycles. The number of anilines is 1. The molecule has 1 spiro atoms. The Kier molecular flexibility index (Phi) is 5.45. The fourth-order valence-electron chi connectivity index (χ4n) is 4.58. The first-order valence-electron chi connectivity index (χ1n) is 10.0. The van der Waals surface area contributed by atoms with E-state index in [9.17, 15) is 0 Å². The summed E-state index contributed by atoms with van der Waals surface area (Å²) in [4.78, 5) is 18.0. The molecule has 1 aromatic rings. The average molecular weight is 374 g/mol. The number of hydrogen-bond donors (Lipinski definition) is 1. The lowest BCUT2D eigenvalue weighted by molar-refractivity contribution is -0.163. The molecule has 148 valence electrons. The van der Waals surface area contributed by atoms with Crippen molar-refractivity contribution >= 4 is 11.9 Å². The molecular formula is C19H30N6O2. The van der Waals surface area contributed by atoms with Crippen LogP contribution in [0.3, 0.4) is 0 Å². The minimum atomic E-state index is 0.110. The van der Waals surface area contributed by atoms with E-state index in [2.05, 4.69) is 26.7 Å². The van der Waals surface area contributed by atoms with Crippen LogP contribution in [0.2, 0.25) is 0 Å². The first-order chi connectivity index (χ1) is 13.2. The number of guanidine groups is 1. The van der Waals surface area contributed by atoms with Gasteiger partial charge in [0.25, 0.3) is 0 Å². The second-order valence-electron chi connectivity index (χ2n) is 7.55. The fraction of sp³-hybridized carbons (Fsp3) is 0.737. The van der Waals surface area contributed by atoms with E-state index in [0.717, 1.165) is 71.2 Å². The summed E-state index contributed by atoms with van der Waals surface area (Å²) in [7, 11) is 0. The van der Waals surface area contributed by atoms with Crippen LogP contribution in [0.5, 0.6) is 0 Å². The van der Waals surface area contributed by atoms with Gasteiger partial charge in [-0.15, -0.1) is 0 Å². The number of nitrogens with two attached hydrogens (primary N) is 1. The highest BCUT2D eigenvalue weighted by Crippen LogP contribution is 2.52. The van der Waals surface area contributed by atoms with Gasteiger partial charge in [0.1, 0.15) is 0 Å². The predicted octanol–water partition coefficient (Wildman–Crippen LogP) is 0.888. The maximum atomic E-state index is 6.41. The Morgan fingerprint density at radius 2 is 1.96 bits per heavy atom. The molecule has 8 nitrogen and oxygen atoms in total. The van der Waals surface area contributed by atoms with Gasteiger partial charge in [0.15, 0.2) is 5.96 Å². The molecule has 2 N–H and O–H groups in total. The van der Waals surface area contributed by atoms with E-state index in [1.807, 2.05) is 6.07 Å². The molecule has 2 aliphatic heterocycles. The predicted molar refractivity (Wildman–Crippen MR) is 104 cm³/mol. The lowest BCUT2D eigenvalue weighted by atomic mass is 9.58. The maximum absolute atomic E-state index is 6.41. The molecule has 8 heteroatoms. The van der Waals surface area contributed by atoms with Crippen molar-refractivity contribution < 1.29 is 9.47 Å². The van der Waals surface area contributed by atoms with Crippen LogP contribution >= 0.6 is 0 Å². The highest BCUT2D eigenvalue weighted by molar-refractivity contribution is 5.78. The van der Waals surface area contributed by atoms with Gasteiger partial charge in [-0.25, -0.2) is 15.0 Å². The van der Waals surface area contributed by atoms with Gasteiger partial charge in [0.05, 0.1) is 12.1 Å². The lowest BCUT2D eigenvalue weighted by Gasteiger charge is -2.55. The van der Waals surface area contributed by atoms with Crippen molar-refractivity contribution in [1.29, 1.82) is 0 Å². The molecule has 0 aromatic carbocycles. The number of hydrogen-bond acceptors (Lipinski definition) is 6. The van der Waals surface area contributed by atoms with Crippen molar-refractivity contribution in [2.75, 3.05) is 50.9 Å². The van der Waals surface area contributed by atoms with Crippen molar-refractivity contribution in [1.82, 2.24) is 14.9 Å². The Labute approximate surface area is 160 Å². The van der Waals surface area contributed by atoms with Gasteiger partial charge in [-0.2, -0.15) is 0 Å². The van der Waals surface area contributed by atoms with Gasteiger partial charge in [0, 0.05) is 63.8 Å². The number of ether oxygens (including phenoxy) is 2. The number of rotatable bonds is 4. The van der Waals surface area contributed by atoms with Crippen LogP contribution in [0.1, 0.15) is 26.2 Å². The Balaban J connectivity index is 1.38. The van der Waals surface area contributed by atoms with E-state index in [4.69, 9.17) is 20.2 Å². The van der Waals surface area contributed by atoms with Crippen LogP contribution in [-0.4, -0.2) is 79.0 Å². The van der Waals surface area contributed by atoms with E-state index in [1.54, 1.807) is 12.4 Å². The molecule has 4 rings (SSSR count). The highest BCUT2D eigenvalue weighted by atomic mass is 16.5. The van der Waals surface area contributed by atoms with Crippen molar-refractivity contribution in [2.45, 2.75) is 38.3 Å². The second kappa shape index (κ2) is 7.98. The minimum Gasteiger partial charge on any atom is -0.381 e. The summed E-state index contributed by atoms with van der Waals surface area (Å²) in [5.41, 5.74) is 6.52. The molecular weight excluding hydrogens is 344 g/mol. The summed E-state index contributed by atoms with van der Waals surface area (Å²) < 4.78 is 11.6.